The molecule has 116 valence electrons. The SMILES string of the molecule is C[C@H](NC[C@H]1CC=CCC1)c1noc(-c2ccc(Cl)cc2)n1. The fourth-order valence-electron chi connectivity index (χ4n) is 2.60. The number of aromatic nitrogens is 2. The van der Waals surface area contributed by atoms with Crippen LogP contribution in [0.4, 0.5) is 0 Å². The molecule has 2 atom stereocenters. The first-order valence-corrected chi connectivity index (χ1v) is 8.08. The molecule has 1 aliphatic carbocycles. The van der Waals surface area contributed by atoms with Crippen molar-refractivity contribution in [2.24, 2.45) is 5.92 Å². The van der Waals surface area contributed by atoms with Crippen LogP contribution in [0.25, 0.3) is 11.5 Å². The van der Waals surface area contributed by atoms with Crippen molar-refractivity contribution in [3.8, 4) is 11.5 Å². The predicted octanol–water partition coefficient (Wildman–Crippen LogP) is 4.40. The molecule has 4 nitrogen and oxygen atoms in total. The predicted molar refractivity (Wildman–Crippen MR) is 87.6 cm³/mol. The summed E-state index contributed by atoms with van der Waals surface area (Å²) in [7, 11) is 0. The minimum Gasteiger partial charge on any atom is -0.334 e. The Morgan fingerprint density at radius 3 is 2.86 bits per heavy atom. The summed E-state index contributed by atoms with van der Waals surface area (Å²) in [5.74, 6) is 1.92. The monoisotopic (exact) mass is 317 g/mol. The number of rotatable bonds is 5. The van der Waals surface area contributed by atoms with Gasteiger partial charge >= 0.3 is 0 Å². The summed E-state index contributed by atoms with van der Waals surface area (Å²) in [4.78, 5) is 4.48. The molecule has 0 aliphatic heterocycles. The molecule has 0 saturated heterocycles. The van der Waals surface area contributed by atoms with Crippen molar-refractivity contribution in [3.63, 3.8) is 0 Å². The molecule has 0 amide bonds. The van der Waals surface area contributed by atoms with E-state index in [0.29, 0.717) is 22.7 Å². The van der Waals surface area contributed by atoms with Crippen molar-refractivity contribution in [1.82, 2.24) is 15.5 Å². The van der Waals surface area contributed by atoms with E-state index in [9.17, 15) is 0 Å². The first-order valence-electron chi connectivity index (χ1n) is 7.70. The van der Waals surface area contributed by atoms with Crippen molar-refractivity contribution >= 4 is 11.6 Å². The molecular formula is C17H20ClN3O. The summed E-state index contributed by atoms with van der Waals surface area (Å²) in [5, 5.41) is 8.28. The van der Waals surface area contributed by atoms with Crippen LogP contribution in [0.3, 0.4) is 0 Å². The van der Waals surface area contributed by atoms with Gasteiger partial charge in [0.05, 0.1) is 6.04 Å². The minimum absolute atomic E-state index is 0.0794. The summed E-state index contributed by atoms with van der Waals surface area (Å²) in [6.07, 6.45) is 8.12. The van der Waals surface area contributed by atoms with E-state index in [1.165, 1.54) is 12.8 Å². The maximum atomic E-state index is 5.89. The van der Waals surface area contributed by atoms with Crippen LogP contribution in [0.5, 0.6) is 0 Å². The number of benzene rings is 1. The summed E-state index contributed by atoms with van der Waals surface area (Å²) in [5.41, 5.74) is 0.882. The Balaban J connectivity index is 1.60. The van der Waals surface area contributed by atoms with Crippen molar-refractivity contribution in [2.45, 2.75) is 32.2 Å². The molecule has 0 unspecified atom stereocenters. The minimum atomic E-state index is 0.0794. The van der Waals surface area contributed by atoms with Gasteiger partial charge in [0.2, 0.25) is 0 Å². The lowest BCUT2D eigenvalue weighted by Gasteiger charge is -2.20. The molecule has 0 bridgehead atoms. The van der Waals surface area contributed by atoms with E-state index in [4.69, 9.17) is 16.1 Å². The molecule has 0 saturated carbocycles. The van der Waals surface area contributed by atoms with E-state index in [1.807, 2.05) is 24.3 Å². The largest absolute Gasteiger partial charge is 0.334 e. The van der Waals surface area contributed by atoms with E-state index in [0.717, 1.165) is 18.5 Å². The number of allylic oxidation sites excluding steroid dienone is 2. The molecule has 2 aromatic rings. The van der Waals surface area contributed by atoms with Crippen LogP contribution in [-0.2, 0) is 0 Å². The molecule has 1 aromatic carbocycles. The highest BCUT2D eigenvalue weighted by Crippen LogP contribution is 2.22. The summed E-state index contributed by atoms with van der Waals surface area (Å²) in [6.45, 7) is 3.05. The van der Waals surface area contributed by atoms with Gasteiger partial charge in [0.1, 0.15) is 0 Å². The third-order valence-corrected chi connectivity index (χ3v) is 4.26. The Bertz CT molecular complexity index is 636. The number of hydrogen-bond acceptors (Lipinski definition) is 4. The Morgan fingerprint density at radius 1 is 1.32 bits per heavy atom. The second-order valence-electron chi connectivity index (χ2n) is 5.75. The molecular weight excluding hydrogens is 298 g/mol. The number of halogens is 1. The van der Waals surface area contributed by atoms with Crippen LogP contribution >= 0.6 is 11.6 Å². The molecule has 3 rings (SSSR count). The Kier molecular flexibility index (Phi) is 4.90. The smallest absolute Gasteiger partial charge is 0.257 e. The second kappa shape index (κ2) is 7.07. The molecule has 22 heavy (non-hydrogen) atoms. The average Bonchev–Trinajstić information content (AvgIpc) is 3.04. The summed E-state index contributed by atoms with van der Waals surface area (Å²) >= 11 is 5.89. The third kappa shape index (κ3) is 3.76. The van der Waals surface area contributed by atoms with Gasteiger partial charge in [-0.3, -0.25) is 0 Å². The Morgan fingerprint density at radius 2 is 2.14 bits per heavy atom. The summed E-state index contributed by atoms with van der Waals surface area (Å²) in [6, 6.07) is 7.48. The molecule has 1 aromatic heterocycles. The molecule has 0 radical (unpaired) electrons. The Labute approximate surface area is 135 Å². The molecule has 1 aliphatic rings. The highest BCUT2D eigenvalue weighted by atomic mass is 35.5. The average molecular weight is 318 g/mol. The highest BCUT2D eigenvalue weighted by Gasteiger charge is 2.17. The number of hydrogen-bond donors (Lipinski definition) is 1. The van der Waals surface area contributed by atoms with Crippen LogP contribution in [0, 0.1) is 5.92 Å². The lowest BCUT2D eigenvalue weighted by molar-refractivity contribution is 0.386. The zero-order valence-electron chi connectivity index (χ0n) is 12.6. The van der Waals surface area contributed by atoms with Crippen molar-refractivity contribution in [2.75, 3.05) is 6.54 Å². The topological polar surface area (TPSA) is 51.0 Å². The normalized spacial score (nSPS) is 19.3. The first-order chi connectivity index (χ1) is 10.7. The lowest BCUT2D eigenvalue weighted by atomic mass is 9.94. The van der Waals surface area contributed by atoms with Crippen molar-refractivity contribution in [1.29, 1.82) is 0 Å². The van der Waals surface area contributed by atoms with E-state index in [2.05, 4.69) is 34.5 Å². The number of nitrogens with zero attached hydrogens (tertiary/aromatic N) is 2. The van der Waals surface area contributed by atoms with Crippen molar-refractivity contribution < 1.29 is 4.52 Å². The zero-order chi connectivity index (χ0) is 15.4. The van der Waals surface area contributed by atoms with Gasteiger partial charge in [0.15, 0.2) is 5.82 Å². The quantitative estimate of drug-likeness (QED) is 0.831. The van der Waals surface area contributed by atoms with E-state index >= 15 is 0 Å². The van der Waals surface area contributed by atoms with Gasteiger partial charge in [-0.15, -0.1) is 0 Å². The van der Waals surface area contributed by atoms with Gasteiger partial charge in [0.25, 0.3) is 5.89 Å². The molecule has 1 heterocycles. The third-order valence-electron chi connectivity index (χ3n) is 4.01. The summed E-state index contributed by atoms with van der Waals surface area (Å²) < 4.78 is 5.35. The fraction of sp³-hybridized carbons (Fsp3) is 0.412. The number of nitrogens with one attached hydrogen (secondary N) is 1. The van der Waals surface area contributed by atoms with E-state index < -0.39 is 0 Å². The van der Waals surface area contributed by atoms with Gasteiger partial charge in [-0.25, -0.2) is 0 Å². The lowest BCUT2D eigenvalue weighted by Crippen LogP contribution is -2.26. The van der Waals surface area contributed by atoms with Gasteiger partial charge in [-0.2, -0.15) is 4.98 Å². The highest BCUT2D eigenvalue weighted by molar-refractivity contribution is 6.30. The van der Waals surface area contributed by atoms with Crippen LogP contribution < -0.4 is 5.32 Å². The Hall–Kier alpha value is -1.65. The maximum absolute atomic E-state index is 5.89. The van der Waals surface area contributed by atoms with Gasteiger partial charge in [-0.05, 0) is 62.9 Å². The van der Waals surface area contributed by atoms with Crippen LogP contribution in [0.2, 0.25) is 5.02 Å². The maximum Gasteiger partial charge on any atom is 0.257 e. The fourth-order valence-corrected chi connectivity index (χ4v) is 2.72. The van der Waals surface area contributed by atoms with Crippen molar-refractivity contribution in [3.05, 3.63) is 47.3 Å². The van der Waals surface area contributed by atoms with Crippen LogP contribution in [0.1, 0.15) is 38.1 Å². The van der Waals surface area contributed by atoms with Crippen LogP contribution in [0.15, 0.2) is 40.9 Å². The van der Waals surface area contributed by atoms with E-state index in [1.54, 1.807) is 0 Å². The van der Waals surface area contributed by atoms with Gasteiger partial charge in [0, 0.05) is 10.6 Å². The van der Waals surface area contributed by atoms with E-state index in [-0.39, 0.29) is 6.04 Å². The molecule has 1 N–H and O–H groups in total. The van der Waals surface area contributed by atoms with Gasteiger partial charge < -0.3 is 9.84 Å². The zero-order valence-corrected chi connectivity index (χ0v) is 13.4. The molecule has 5 heteroatoms. The first kappa shape index (κ1) is 15.3. The van der Waals surface area contributed by atoms with Crippen LogP contribution in [-0.4, -0.2) is 16.7 Å². The molecule has 0 spiro atoms. The standard InChI is InChI=1S/C17H20ClN3O/c1-12(19-11-13-5-3-2-4-6-13)16-20-17(22-21-16)14-7-9-15(18)10-8-14/h2-3,7-10,12-13,19H,4-6,11H2,1H3/t12-,13-/m0/s1. The molecule has 0 fully saturated rings. The second-order valence-corrected chi connectivity index (χ2v) is 6.18. The van der Waals surface area contributed by atoms with Gasteiger partial charge in [-0.1, -0.05) is 28.9 Å².